The van der Waals surface area contributed by atoms with E-state index in [0.717, 1.165) is 10.9 Å². The Morgan fingerprint density at radius 2 is 2.31 bits per heavy atom. The molecule has 4 rings (SSSR count). The van der Waals surface area contributed by atoms with Gasteiger partial charge >= 0.3 is 0 Å². The molecule has 3 heterocycles. The predicted octanol–water partition coefficient (Wildman–Crippen LogP) is 3.65. The zero-order valence-electron chi connectivity index (χ0n) is 14.0. The number of benzene rings is 1. The van der Waals surface area contributed by atoms with E-state index < -0.39 is 0 Å². The highest BCUT2D eigenvalue weighted by Crippen LogP contribution is 2.25. The van der Waals surface area contributed by atoms with E-state index in [1.54, 1.807) is 31.0 Å². The van der Waals surface area contributed by atoms with Crippen molar-refractivity contribution in [2.45, 2.75) is 6.54 Å². The fourth-order valence-electron chi connectivity index (χ4n) is 2.59. The molecule has 3 aromatic heterocycles. The van der Waals surface area contributed by atoms with E-state index in [4.69, 9.17) is 9.15 Å². The Morgan fingerprint density at radius 1 is 1.38 bits per heavy atom. The number of methoxy groups -OCH3 is 1. The van der Waals surface area contributed by atoms with E-state index in [2.05, 4.69) is 15.4 Å². The molecule has 0 saturated heterocycles. The van der Waals surface area contributed by atoms with Crippen LogP contribution >= 0.6 is 11.3 Å². The van der Waals surface area contributed by atoms with Crippen LogP contribution in [0.3, 0.4) is 0 Å². The van der Waals surface area contributed by atoms with Gasteiger partial charge in [0.05, 0.1) is 31.1 Å². The first-order valence-electron chi connectivity index (χ1n) is 8.00. The number of anilines is 1. The second-order valence-electron chi connectivity index (χ2n) is 5.60. The Hall–Kier alpha value is -2.97. The van der Waals surface area contributed by atoms with Crippen molar-refractivity contribution in [2.24, 2.45) is 0 Å². The molecule has 0 fully saturated rings. The van der Waals surface area contributed by atoms with Gasteiger partial charge in [0.25, 0.3) is 5.91 Å². The molecule has 0 bridgehead atoms. The highest BCUT2D eigenvalue weighted by Gasteiger charge is 2.14. The number of hydrogen-bond donors (Lipinski definition) is 1. The van der Waals surface area contributed by atoms with Gasteiger partial charge in [-0.2, -0.15) is 5.10 Å². The van der Waals surface area contributed by atoms with E-state index in [-0.39, 0.29) is 5.91 Å². The lowest BCUT2D eigenvalue weighted by atomic mass is 10.2. The number of amides is 1. The van der Waals surface area contributed by atoms with Crippen LogP contribution in [0.25, 0.3) is 21.7 Å². The standard InChI is InChI=1S/C18H16N4O3S/c1-24-8-6-22-15-9-13(5-4-12(15)10-19-22)20-17(23)14-11-26-18(21-14)16-3-2-7-25-16/h2-5,7,9-11H,6,8H2,1H3,(H,20,23). The van der Waals surface area contributed by atoms with Gasteiger partial charge in [-0.15, -0.1) is 11.3 Å². The molecular weight excluding hydrogens is 352 g/mol. The number of nitrogens with zero attached hydrogens (tertiary/aromatic N) is 3. The third-order valence-electron chi connectivity index (χ3n) is 3.88. The van der Waals surface area contributed by atoms with Gasteiger partial charge < -0.3 is 14.5 Å². The van der Waals surface area contributed by atoms with Crippen LogP contribution in [-0.4, -0.2) is 34.4 Å². The quantitative estimate of drug-likeness (QED) is 0.562. The van der Waals surface area contributed by atoms with E-state index in [0.29, 0.717) is 35.3 Å². The molecule has 132 valence electrons. The maximum Gasteiger partial charge on any atom is 0.275 e. The number of aromatic nitrogens is 3. The van der Waals surface area contributed by atoms with Crippen LogP contribution in [0.15, 0.2) is 52.6 Å². The molecule has 0 atom stereocenters. The molecule has 1 N–H and O–H groups in total. The van der Waals surface area contributed by atoms with E-state index >= 15 is 0 Å². The van der Waals surface area contributed by atoms with Crippen LogP contribution in [0.2, 0.25) is 0 Å². The maximum absolute atomic E-state index is 12.5. The molecule has 1 aromatic carbocycles. The van der Waals surface area contributed by atoms with Crippen LogP contribution in [0.5, 0.6) is 0 Å². The summed E-state index contributed by atoms with van der Waals surface area (Å²) in [6, 6.07) is 9.28. The van der Waals surface area contributed by atoms with Crippen LogP contribution in [0, 0.1) is 0 Å². The number of thiazole rings is 1. The fourth-order valence-corrected chi connectivity index (χ4v) is 3.36. The topological polar surface area (TPSA) is 82.2 Å². The van der Waals surface area contributed by atoms with Gasteiger partial charge in [-0.25, -0.2) is 4.98 Å². The number of furan rings is 1. The second kappa shape index (κ2) is 7.11. The molecule has 7 nitrogen and oxygen atoms in total. The van der Waals surface area contributed by atoms with Gasteiger partial charge in [-0.1, -0.05) is 0 Å². The van der Waals surface area contributed by atoms with Crippen molar-refractivity contribution in [1.82, 2.24) is 14.8 Å². The zero-order valence-corrected chi connectivity index (χ0v) is 14.8. The first-order chi connectivity index (χ1) is 12.7. The summed E-state index contributed by atoms with van der Waals surface area (Å²) >= 11 is 1.37. The van der Waals surface area contributed by atoms with Gasteiger partial charge in [-0.05, 0) is 30.3 Å². The summed E-state index contributed by atoms with van der Waals surface area (Å²) in [5.74, 6) is 0.388. The molecule has 8 heteroatoms. The summed E-state index contributed by atoms with van der Waals surface area (Å²) in [5.41, 5.74) is 1.98. The van der Waals surface area contributed by atoms with E-state index in [9.17, 15) is 4.79 Å². The lowest BCUT2D eigenvalue weighted by Crippen LogP contribution is -2.12. The third-order valence-corrected chi connectivity index (χ3v) is 4.74. The third kappa shape index (κ3) is 3.24. The average molecular weight is 368 g/mol. The van der Waals surface area contributed by atoms with Crippen molar-refractivity contribution in [1.29, 1.82) is 0 Å². The van der Waals surface area contributed by atoms with Crippen LogP contribution in [0.1, 0.15) is 10.5 Å². The molecule has 0 aliphatic carbocycles. The van der Waals surface area contributed by atoms with Crippen molar-refractivity contribution in [3.63, 3.8) is 0 Å². The first-order valence-corrected chi connectivity index (χ1v) is 8.88. The maximum atomic E-state index is 12.5. The Balaban J connectivity index is 1.54. The van der Waals surface area contributed by atoms with Gasteiger partial charge in [-0.3, -0.25) is 9.48 Å². The van der Waals surface area contributed by atoms with Crippen LogP contribution in [0.4, 0.5) is 5.69 Å². The normalized spacial score (nSPS) is 11.1. The molecule has 0 aliphatic heterocycles. The second-order valence-corrected chi connectivity index (χ2v) is 6.46. The Labute approximate surface area is 153 Å². The molecular formula is C18H16N4O3S. The minimum absolute atomic E-state index is 0.263. The van der Waals surface area contributed by atoms with Gasteiger partial charge in [0, 0.05) is 23.6 Å². The monoisotopic (exact) mass is 368 g/mol. The van der Waals surface area contributed by atoms with Gasteiger partial charge in [0.2, 0.25) is 0 Å². The van der Waals surface area contributed by atoms with Crippen molar-refractivity contribution in [3.05, 3.63) is 53.9 Å². The van der Waals surface area contributed by atoms with Gasteiger partial charge in [0.15, 0.2) is 10.8 Å². The van der Waals surface area contributed by atoms with Gasteiger partial charge in [0.1, 0.15) is 5.69 Å². The summed E-state index contributed by atoms with van der Waals surface area (Å²) in [6.07, 6.45) is 3.38. The summed E-state index contributed by atoms with van der Waals surface area (Å²) in [7, 11) is 1.65. The molecule has 0 unspecified atom stereocenters. The lowest BCUT2D eigenvalue weighted by molar-refractivity contribution is 0.102. The zero-order chi connectivity index (χ0) is 17.9. The van der Waals surface area contributed by atoms with E-state index in [1.165, 1.54) is 11.3 Å². The molecule has 0 saturated carbocycles. The highest BCUT2D eigenvalue weighted by molar-refractivity contribution is 7.13. The minimum atomic E-state index is -0.263. The molecule has 26 heavy (non-hydrogen) atoms. The van der Waals surface area contributed by atoms with Crippen LogP contribution < -0.4 is 5.32 Å². The molecule has 0 spiro atoms. The van der Waals surface area contributed by atoms with Crippen molar-refractivity contribution in [2.75, 3.05) is 19.0 Å². The van der Waals surface area contributed by atoms with Crippen LogP contribution in [-0.2, 0) is 11.3 Å². The number of hydrogen-bond acceptors (Lipinski definition) is 6. The van der Waals surface area contributed by atoms with Crippen molar-refractivity contribution < 1.29 is 13.9 Å². The number of rotatable bonds is 6. The Bertz CT molecular complexity index is 1040. The molecule has 1 amide bonds. The number of carbonyl (C=O) groups excluding carboxylic acids is 1. The van der Waals surface area contributed by atoms with E-state index in [1.807, 2.05) is 28.9 Å². The summed E-state index contributed by atoms with van der Waals surface area (Å²) in [4.78, 5) is 16.8. The molecule has 4 aromatic rings. The first kappa shape index (κ1) is 16.5. The SMILES string of the molecule is COCCn1ncc2ccc(NC(=O)c3csc(-c4ccco4)n3)cc21. The molecule has 0 aliphatic rings. The summed E-state index contributed by atoms with van der Waals surface area (Å²) in [5, 5.41) is 10.6. The summed E-state index contributed by atoms with van der Waals surface area (Å²) in [6.45, 7) is 1.22. The highest BCUT2D eigenvalue weighted by atomic mass is 32.1. The number of nitrogens with one attached hydrogen (secondary N) is 1. The number of ether oxygens (including phenoxy) is 1. The van der Waals surface area contributed by atoms with Crippen molar-refractivity contribution in [3.8, 4) is 10.8 Å². The summed E-state index contributed by atoms with van der Waals surface area (Å²) < 4.78 is 12.3. The predicted molar refractivity (Wildman–Crippen MR) is 99.4 cm³/mol. The smallest absolute Gasteiger partial charge is 0.275 e. The average Bonchev–Trinajstić information content (AvgIpc) is 3.39. The molecule has 0 radical (unpaired) electrons. The number of carbonyl (C=O) groups is 1. The Kier molecular flexibility index (Phi) is 4.51. The minimum Gasteiger partial charge on any atom is -0.462 e. The lowest BCUT2D eigenvalue weighted by Gasteiger charge is -2.06. The Morgan fingerprint density at radius 3 is 3.12 bits per heavy atom. The number of fused-ring (bicyclic) bond motifs is 1. The van der Waals surface area contributed by atoms with Crippen molar-refractivity contribution >= 4 is 33.8 Å². The fraction of sp³-hybridized carbons (Fsp3) is 0.167. The largest absolute Gasteiger partial charge is 0.462 e.